The van der Waals surface area contributed by atoms with Crippen LogP contribution in [0, 0.1) is 13.8 Å². The maximum absolute atomic E-state index is 12.2. The number of aryl methyl sites for hydroxylation is 2. The molecule has 19 heavy (non-hydrogen) atoms. The molecule has 1 N–H and O–H groups in total. The fourth-order valence-corrected chi connectivity index (χ4v) is 3.17. The van der Waals surface area contributed by atoms with E-state index in [1.54, 1.807) is 31.2 Å². The quantitative estimate of drug-likeness (QED) is 0.944. The molecule has 4 nitrogen and oxygen atoms in total. The number of hydrogen-bond donors (Lipinski definition) is 1. The van der Waals surface area contributed by atoms with Gasteiger partial charge in [-0.05, 0) is 54.8 Å². The lowest BCUT2D eigenvalue weighted by molar-refractivity contribution is 0.500. The van der Waals surface area contributed by atoms with E-state index in [1.807, 2.05) is 13.0 Å². The zero-order valence-electron chi connectivity index (χ0n) is 10.6. The SMILES string of the molecule is Cc1ccc(C)c(S(=O)(=O)NCc2ccc(Cl)o2)c1. The number of hydrogen-bond acceptors (Lipinski definition) is 3. The fourth-order valence-electron chi connectivity index (χ4n) is 1.69. The molecule has 2 aromatic rings. The second-order valence-electron chi connectivity index (χ2n) is 4.30. The maximum atomic E-state index is 12.2. The largest absolute Gasteiger partial charge is 0.448 e. The summed E-state index contributed by atoms with van der Waals surface area (Å²) in [6, 6.07) is 8.51. The second-order valence-corrected chi connectivity index (χ2v) is 6.41. The molecule has 0 saturated carbocycles. The van der Waals surface area contributed by atoms with Crippen molar-refractivity contribution in [2.24, 2.45) is 0 Å². The molecule has 6 heteroatoms. The predicted molar refractivity (Wildman–Crippen MR) is 73.7 cm³/mol. The highest BCUT2D eigenvalue weighted by molar-refractivity contribution is 7.89. The lowest BCUT2D eigenvalue weighted by atomic mass is 10.2. The van der Waals surface area contributed by atoms with E-state index in [1.165, 1.54) is 0 Å². The van der Waals surface area contributed by atoms with E-state index < -0.39 is 10.0 Å². The summed E-state index contributed by atoms with van der Waals surface area (Å²) in [5.41, 5.74) is 1.60. The number of sulfonamides is 1. The Balaban J connectivity index is 2.20. The molecule has 1 heterocycles. The molecule has 0 fully saturated rings. The van der Waals surface area contributed by atoms with Crippen LogP contribution in [-0.4, -0.2) is 8.42 Å². The van der Waals surface area contributed by atoms with Gasteiger partial charge in [-0.1, -0.05) is 12.1 Å². The summed E-state index contributed by atoms with van der Waals surface area (Å²) in [6.07, 6.45) is 0. The lowest BCUT2D eigenvalue weighted by Crippen LogP contribution is -2.23. The molecule has 0 radical (unpaired) electrons. The molecule has 2 rings (SSSR count). The maximum Gasteiger partial charge on any atom is 0.241 e. The Kier molecular flexibility index (Phi) is 3.99. The average Bonchev–Trinajstić information content (AvgIpc) is 2.76. The fraction of sp³-hybridized carbons (Fsp3) is 0.231. The normalized spacial score (nSPS) is 11.7. The summed E-state index contributed by atoms with van der Waals surface area (Å²) < 4.78 is 32.0. The van der Waals surface area contributed by atoms with E-state index >= 15 is 0 Å². The number of halogens is 1. The third kappa shape index (κ3) is 3.37. The summed E-state index contributed by atoms with van der Waals surface area (Å²) in [4.78, 5) is 0.283. The van der Waals surface area contributed by atoms with Crippen molar-refractivity contribution >= 4 is 21.6 Å². The summed E-state index contributed by atoms with van der Waals surface area (Å²) in [6.45, 7) is 3.69. The van der Waals surface area contributed by atoms with Crippen LogP contribution >= 0.6 is 11.6 Å². The van der Waals surface area contributed by atoms with Crippen LogP contribution in [0.3, 0.4) is 0 Å². The molecule has 0 aliphatic carbocycles. The van der Waals surface area contributed by atoms with E-state index in [4.69, 9.17) is 16.0 Å². The first-order valence-corrected chi connectivity index (χ1v) is 7.56. The number of furan rings is 1. The van der Waals surface area contributed by atoms with Crippen molar-refractivity contribution in [3.63, 3.8) is 0 Å². The highest BCUT2D eigenvalue weighted by atomic mass is 35.5. The third-order valence-electron chi connectivity index (χ3n) is 2.70. The van der Waals surface area contributed by atoms with Gasteiger partial charge in [0.05, 0.1) is 11.4 Å². The van der Waals surface area contributed by atoms with Crippen LogP contribution in [0.1, 0.15) is 16.9 Å². The van der Waals surface area contributed by atoms with Crippen LogP contribution in [-0.2, 0) is 16.6 Å². The monoisotopic (exact) mass is 299 g/mol. The molecular weight excluding hydrogens is 286 g/mol. The molecule has 0 unspecified atom stereocenters. The van der Waals surface area contributed by atoms with Gasteiger partial charge in [-0.15, -0.1) is 0 Å². The van der Waals surface area contributed by atoms with Crippen LogP contribution < -0.4 is 4.72 Å². The Morgan fingerprint density at radius 1 is 1.21 bits per heavy atom. The zero-order valence-corrected chi connectivity index (χ0v) is 12.2. The number of nitrogens with one attached hydrogen (secondary N) is 1. The van der Waals surface area contributed by atoms with Gasteiger partial charge in [0.25, 0.3) is 0 Å². The van der Waals surface area contributed by atoms with Gasteiger partial charge in [-0.3, -0.25) is 0 Å². The smallest absolute Gasteiger partial charge is 0.241 e. The van der Waals surface area contributed by atoms with Crippen molar-refractivity contribution in [2.75, 3.05) is 0 Å². The van der Waals surface area contributed by atoms with E-state index in [0.717, 1.165) is 5.56 Å². The predicted octanol–water partition coefficient (Wildman–Crippen LogP) is 3.03. The molecule has 0 aliphatic rings. The average molecular weight is 300 g/mol. The lowest BCUT2D eigenvalue weighted by Gasteiger charge is -2.09. The standard InChI is InChI=1S/C13H14ClNO3S/c1-9-3-4-10(2)12(7-9)19(16,17)15-8-11-5-6-13(14)18-11/h3-7,15H,8H2,1-2H3. The van der Waals surface area contributed by atoms with Crippen LogP contribution in [0.25, 0.3) is 0 Å². The molecule has 0 saturated heterocycles. The van der Waals surface area contributed by atoms with Crippen molar-refractivity contribution in [2.45, 2.75) is 25.3 Å². The third-order valence-corrected chi connectivity index (χ3v) is 4.44. The van der Waals surface area contributed by atoms with Crippen LogP contribution in [0.15, 0.2) is 39.6 Å². The van der Waals surface area contributed by atoms with Crippen molar-refractivity contribution in [3.8, 4) is 0 Å². The summed E-state index contributed by atoms with van der Waals surface area (Å²) in [5, 5.41) is 0.237. The van der Waals surface area contributed by atoms with Gasteiger partial charge in [0.1, 0.15) is 5.76 Å². The topological polar surface area (TPSA) is 59.3 Å². The van der Waals surface area contributed by atoms with Crippen molar-refractivity contribution < 1.29 is 12.8 Å². The minimum Gasteiger partial charge on any atom is -0.448 e. The van der Waals surface area contributed by atoms with E-state index in [9.17, 15) is 8.42 Å². The highest BCUT2D eigenvalue weighted by Gasteiger charge is 2.17. The summed E-state index contributed by atoms with van der Waals surface area (Å²) in [5.74, 6) is 0.471. The van der Waals surface area contributed by atoms with E-state index in [0.29, 0.717) is 11.3 Å². The van der Waals surface area contributed by atoms with Crippen molar-refractivity contribution in [1.29, 1.82) is 0 Å². The molecule has 1 aromatic carbocycles. The Labute approximate surface area is 117 Å². The highest BCUT2D eigenvalue weighted by Crippen LogP contribution is 2.18. The first-order chi connectivity index (χ1) is 8.88. The van der Waals surface area contributed by atoms with E-state index in [2.05, 4.69) is 4.72 Å². The molecule has 0 bridgehead atoms. The van der Waals surface area contributed by atoms with Crippen molar-refractivity contribution in [1.82, 2.24) is 4.72 Å². The van der Waals surface area contributed by atoms with Crippen LogP contribution in [0.2, 0.25) is 5.22 Å². The summed E-state index contributed by atoms with van der Waals surface area (Å²) >= 11 is 5.63. The minimum atomic E-state index is -3.56. The van der Waals surface area contributed by atoms with Gasteiger partial charge in [0.15, 0.2) is 5.22 Å². The van der Waals surface area contributed by atoms with E-state index in [-0.39, 0.29) is 16.7 Å². The molecule has 0 spiro atoms. The Morgan fingerprint density at radius 2 is 1.95 bits per heavy atom. The van der Waals surface area contributed by atoms with Gasteiger partial charge < -0.3 is 4.42 Å². The Bertz CT molecular complexity index is 692. The van der Waals surface area contributed by atoms with Gasteiger partial charge in [-0.2, -0.15) is 0 Å². The van der Waals surface area contributed by atoms with Crippen LogP contribution in [0.5, 0.6) is 0 Å². The molecule has 0 atom stereocenters. The number of rotatable bonds is 4. The first-order valence-electron chi connectivity index (χ1n) is 5.69. The minimum absolute atomic E-state index is 0.0719. The zero-order chi connectivity index (χ0) is 14.0. The second kappa shape index (κ2) is 5.36. The van der Waals surface area contributed by atoms with Gasteiger partial charge in [0, 0.05) is 0 Å². The van der Waals surface area contributed by atoms with Gasteiger partial charge in [0.2, 0.25) is 10.0 Å². The van der Waals surface area contributed by atoms with Gasteiger partial charge >= 0.3 is 0 Å². The first kappa shape index (κ1) is 14.1. The number of benzene rings is 1. The molecule has 0 aliphatic heterocycles. The Morgan fingerprint density at radius 3 is 2.58 bits per heavy atom. The summed E-state index contributed by atoms with van der Waals surface area (Å²) in [7, 11) is -3.56. The molecule has 0 amide bonds. The Hall–Kier alpha value is -1.30. The van der Waals surface area contributed by atoms with Crippen molar-refractivity contribution in [3.05, 3.63) is 52.4 Å². The molecule has 102 valence electrons. The molecular formula is C13H14ClNO3S. The van der Waals surface area contributed by atoms with Gasteiger partial charge in [-0.25, -0.2) is 13.1 Å². The molecule has 1 aromatic heterocycles. The van der Waals surface area contributed by atoms with Crippen LogP contribution in [0.4, 0.5) is 0 Å².